The van der Waals surface area contributed by atoms with Gasteiger partial charge in [0.2, 0.25) is 0 Å². The van der Waals surface area contributed by atoms with Crippen LogP contribution in [0.1, 0.15) is 27.2 Å². The summed E-state index contributed by atoms with van der Waals surface area (Å²) in [5, 5.41) is 3.13. The van der Waals surface area contributed by atoms with E-state index < -0.39 is 5.60 Å². The van der Waals surface area contributed by atoms with E-state index in [2.05, 4.69) is 22.7 Å². The molecule has 0 aliphatic carbocycles. The minimum Gasteiger partial charge on any atom is -0.460 e. The smallest absolute Gasteiger partial charge is 0.312 e. The van der Waals surface area contributed by atoms with Crippen LogP contribution in [0, 0.1) is 0 Å². The molecule has 0 radical (unpaired) electrons. The standard InChI is InChI=1S/C10H19N3O2S/c1-7(12-13-9(16)11-5)6-8(14)15-10(2,3)4/h12H,1,6H2,2-5H3,(H2,11,13,16). The second kappa shape index (κ2) is 6.32. The van der Waals surface area contributed by atoms with Gasteiger partial charge in [-0.05, 0) is 33.0 Å². The van der Waals surface area contributed by atoms with Gasteiger partial charge in [0, 0.05) is 12.7 Å². The van der Waals surface area contributed by atoms with Crippen LogP contribution in [0.5, 0.6) is 0 Å². The Labute approximate surface area is 102 Å². The lowest BCUT2D eigenvalue weighted by molar-refractivity contribution is -0.154. The monoisotopic (exact) mass is 245 g/mol. The molecular weight excluding hydrogens is 226 g/mol. The quantitative estimate of drug-likeness (QED) is 0.387. The fourth-order valence-corrected chi connectivity index (χ4v) is 0.855. The maximum Gasteiger partial charge on any atom is 0.312 e. The third kappa shape index (κ3) is 8.05. The summed E-state index contributed by atoms with van der Waals surface area (Å²) in [5.41, 5.74) is 5.38. The van der Waals surface area contributed by atoms with Crippen molar-refractivity contribution in [3.63, 3.8) is 0 Å². The number of ether oxygens (including phenoxy) is 1. The normalized spacial score (nSPS) is 10.2. The molecular formula is C10H19N3O2S. The van der Waals surface area contributed by atoms with E-state index in [4.69, 9.17) is 17.0 Å². The lowest BCUT2D eigenvalue weighted by Crippen LogP contribution is -2.42. The van der Waals surface area contributed by atoms with Crippen LogP contribution in [0.15, 0.2) is 12.3 Å². The SMILES string of the molecule is C=C(CC(=O)OC(C)(C)C)NNC(=S)NC. The van der Waals surface area contributed by atoms with Gasteiger partial charge >= 0.3 is 5.97 Å². The summed E-state index contributed by atoms with van der Waals surface area (Å²) in [6, 6.07) is 0. The Bertz CT molecular complexity index is 284. The van der Waals surface area contributed by atoms with Gasteiger partial charge in [0.1, 0.15) is 5.60 Å². The summed E-state index contributed by atoms with van der Waals surface area (Å²) >= 11 is 4.83. The summed E-state index contributed by atoms with van der Waals surface area (Å²) < 4.78 is 5.13. The molecule has 0 unspecified atom stereocenters. The zero-order valence-electron chi connectivity index (χ0n) is 10.1. The van der Waals surface area contributed by atoms with Gasteiger partial charge in [-0.1, -0.05) is 6.58 Å². The van der Waals surface area contributed by atoms with Crippen molar-refractivity contribution < 1.29 is 9.53 Å². The Balaban J connectivity index is 3.88. The summed E-state index contributed by atoms with van der Waals surface area (Å²) in [6.45, 7) is 9.11. The summed E-state index contributed by atoms with van der Waals surface area (Å²) in [7, 11) is 1.69. The molecule has 0 fully saturated rings. The molecule has 0 saturated heterocycles. The molecule has 0 amide bonds. The number of carbonyl (C=O) groups is 1. The van der Waals surface area contributed by atoms with Crippen LogP contribution >= 0.6 is 12.2 Å². The first kappa shape index (κ1) is 14.7. The Hall–Kier alpha value is -1.30. The van der Waals surface area contributed by atoms with Gasteiger partial charge < -0.3 is 15.5 Å². The second-order valence-corrected chi connectivity index (χ2v) is 4.60. The Morgan fingerprint density at radius 3 is 2.38 bits per heavy atom. The predicted molar refractivity (Wildman–Crippen MR) is 67.5 cm³/mol. The average molecular weight is 245 g/mol. The van der Waals surface area contributed by atoms with Crippen molar-refractivity contribution in [2.45, 2.75) is 32.8 Å². The third-order valence-electron chi connectivity index (χ3n) is 1.36. The van der Waals surface area contributed by atoms with Crippen LogP contribution in [0.4, 0.5) is 0 Å². The molecule has 0 heterocycles. The van der Waals surface area contributed by atoms with Gasteiger partial charge in [-0.3, -0.25) is 10.2 Å². The molecule has 6 heteroatoms. The van der Waals surface area contributed by atoms with Crippen molar-refractivity contribution >= 4 is 23.3 Å². The molecule has 5 nitrogen and oxygen atoms in total. The molecule has 92 valence electrons. The zero-order chi connectivity index (χ0) is 12.8. The van der Waals surface area contributed by atoms with Crippen molar-refractivity contribution in [1.82, 2.24) is 16.2 Å². The highest BCUT2D eigenvalue weighted by atomic mass is 32.1. The van der Waals surface area contributed by atoms with Gasteiger partial charge in [-0.25, -0.2) is 0 Å². The molecule has 0 aromatic carbocycles. The molecule has 0 aliphatic heterocycles. The molecule has 0 atom stereocenters. The number of carbonyl (C=O) groups excluding carboxylic acids is 1. The maximum absolute atomic E-state index is 11.4. The number of hydrogen-bond donors (Lipinski definition) is 3. The van der Waals surface area contributed by atoms with Gasteiger partial charge in [0.05, 0.1) is 6.42 Å². The number of hydrazine groups is 1. The van der Waals surface area contributed by atoms with Crippen molar-refractivity contribution in [1.29, 1.82) is 0 Å². The lowest BCUT2D eigenvalue weighted by Gasteiger charge is -2.20. The minimum absolute atomic E-state index is 0.0938. The van der Waals surface area contributed by atoms with Crippen LogP contribution in [-0.4, -0.2) is 23.7 Å². The summed E-state index contributed by atoms with van der Waals surface area (Å²) in [4.78, 5) is 11.4. The fraction of sp³-hybridized carbons (Fsp3) is 0.600. The van der Waals surface area contributed by atoms with Crippen molar-refractivity contribution in [2.75, 3.05) is 7.05 Å². The first-order valence-electron chi connectivity index (χ1n) is 4.88. The average Bonchev–Trinajstić information content (AvgIpc) is 2.10. The van der Waals surface area contributed by atoms with Crippen molar-refractivity contribution in [2.24, 2.45) is 0 Å². The highest BCUT2D eigenvalue weighted by Gasteiger charge is 2.16. The number of rotatable bonds is 4. The Kier molecular flexibility index (Phi) is 5.81. The second-order valence-electron chi connectivity index (χ2n) is 4.20. The molecule has 16 heavy (non-hydrogen) atoms. The third-order valence-corrected chi connectivity index (χ3v) is 1.66. The Morgan fingerprint density at radius 2 is 1.94 bits per heavy atom. The van der Waals surface area contributed by atoms with Crippen molar-refractivity contribution in [3.8, 4) is 0 Å². The van der Waals surface area contributed by atoms with Gasteiger partial charge in [0.25, 0.3) is 0 Å². The van der Waals surface area contributed by atoms with E-state index in [1.807, 2.05) is 20.8 Å². The zero-order valence-corrected chi connectivity index (χ0v) is 11.0. The van der Waals surface area contributed by atoms with E-state index in [1.165, 1.54) is 0 Å². The summed E-state index contributed by atoms with van der Waals surface area (Å²) in [5.74, 6) is -0.331. The van der Waals surface area contributed by atoms with Crippen LogP contribution < -0.4 is 16.2 Å². The number of thiocarbonyl (C=S) groups is 1. The number of esters is 1. The molecule has 0 aromatic rings. The molecule has 3 N–H and O–H groups in total. The van der Waals surface area contributed by atoms with E-state index in [-0.39, 0.29) is 12.4 Å². The van der Waals surface area contributed by atoms with E-state index in [0.717, 1.165) is 0 Å². The summed E-state index contributed by atoms with van der Waals surface area (Å²) in [6.07, 6.45) is 0.0938. The Morgan fingerprint density at radius 1 is 1.38 bits per heavy atom. The predicted octanol–water partition coefficient (Wildman–Crippen LogP) is 0.830. The van der Waals surface area contributed by atoms with Crippen LogP contribution in [0.25, 0.3) is 0 Å². The number of hydrogen-bond acceptors (Lipinski definition) is 4. The first-order chi connectivity index (χ1) is 7.24. The van der Waals surface area contributed by atoms with Gasteiger partial charge in [0.15, 0.2) is 5.11 Å². The molecule has 0 aromatic heterocycles. The van der Waals surface area contributed by atoms with E-state index in [0.29, 0.717) is 10.8 Å². The first-order valence-corrected chi connectivity index (χ1v) is 5.29. The topological polar surface area (TPSA) is 62.4 Å². The highest BCUT2D eigenvalue weighted by molar-refractivity contribution is 7.80. The number of nitrogens with one attached hydrogen (secondary N) is 3. The van der Waals surface area contributed by atoms with E-state index >= 15 is 0 Å². The van der Waals surface area contributed by atoms with Gasteiger partial charge in [-0.2, -0.15) is 0 Å². The highest BCUT2D eigenvalue weighted by Crippen LogP contribution is 2.09. The largest absolute Gasteiger partial charge is 0.460 e. The van der Waals surface area contributed by atoms with E-state index in [1.54, 1.807) is 7.05 Å². The molecule has 0 rings (SSSR count). The van der Waals surface area contributed by atoms with Crippen molar-refractivity contribution in [3.05, 3.63) is 12.3 Å². The van der Waals surface area contributed by atoms with Crippen LogP contribution in [0.2, 0.25) is 0 Å². The van der Waals surface area contributed by atoms with Crippen LogP contribution in [-0.2, 0) is 9.53 Å². The van der Waals surface area contributed by atoms with Crippen LogP contribution in [0.3, 0.4) is 0 Å². The molecule has 0 bridgehead atoms. The lowest BCUT2D eigenvalue weighted by atomic mass is 10.2. The minimum atomic E-state index is -0.481. The fourth-order valence-electron chi connectivity index (χ4n) is 0.804. The maximum atomic E-state index is 11.4. The van der Waals surface area contributed by atoms with E-state index in [9.17, 15) is 4.79 Å². The molecule has 0 aliphatic rings. The molecule has 0 spiro atoms. The molecule has 0 saturated carbocycles. The van der Waals surface area contributed by atoms with Gasteiger partial charge in [-0.15, -0.1) is 0 Å².